The maximum atomic E-state index is 3.94. The van der Waals surface area contributed by atoms with Gasteiger partial charge in [0.1, 0.15) is 0 Å². The van der Waals surface area contributed by atoms with E-state index in [0.717, 1.165) is 6.42 Å². The summed E-state index contributed by atoms with van der Waals surface area (Å²) in [7, 11) is 0. The van der Waals surface area contributed by atoms with Crippen LogP contribution in [0.5, 0.6) is 0 Å². The van der Waals surface area contributed by atoms with Crippen LogP contribution in [0.1, 0.15) is 53.4 Å². The van der Waals surface area contributed by atoms with Gasteiger partial charge in [-0.1, -0.05) is 0 Å². The predicted molar refractivity (Wildman–Crippen MR) is 112 cm³/mol. The van der Waals surface area contributed by atoms with Crippen molar-refractivity contribution in [2.75, 3.05) is 0 Å². The van der Waals surface area contributed by atoms with E-state index in [2.05, 4.69) is 93.4 Å². The summed E-state index contributed by atoms with van der Waals surface area (Å²) in [4.78, 5) is 0. The molecule has 3 aromatic rings. The molecular weight excluding hydrogens is 429 g/mol. The zero-order chi connectivity index (χ0) is 18.8. The van der Waals surface area contributed by atoms with Crippen molar-refractivity contribution >= 4 is 21.8 Å². The number of halogens is 1. The number of fused-ring (bicyclic) bond motifs is 3. The fourth-order valence-corrected chi connectivity index (χ4v) is 9.42. The van der Waals surface area contributed by atoms with Gasteiger partial charge in [0.15, 0.2) is 0 Å². The maximum absolute atomic E-state index is 3.94. The molecule has 0 saturated carbocycles. The third kappa shape index (κ3) is 3.71. The number of aromatic nitrogens is 1. The van der Waals surface area contributed by atoms with E-state index in [1.165, 1.54) is 41.1 Å². The zero-order valence-electron chi connectivity index (χ0n) is 16.6. The molecular formula is C24H31IN-. The van der Waals surface area contributed by atoms with Gasteiger partial charge in [-0.15, -0.1) is 0 Å². The first-order valence-corrected chi connectivity index (χ1v) is 11.8. The first-order chi connectivity index (χ1) is 12.4. The molecule has 1 aromatic heterocycles. The van der Waals surface area contributed by atoms with Crippen LogP contribution in [0.4, 0.5) is 0 Å². The van der Waals surface area contributed by atoms with Crippen molar-refractivity contribution in [1.29, 1.82) is 0 Å². The van der Waals surface area contributed by atoms with Gasteiger partial charge in [-0.05, 0) is 0 Å². The number of hydrogen-bond donors (Lipinski definition) is 0. The second kappa shape index (κ2) is 7.75. The monoisotopic (exact) mass is 460 g/mol. The molecule has 2 aromatic carbocycles. The first kappa shape index (κ1) is 19.5. The minimum absolute atomic E-state index is 0.0770. The molecule has 1 atom stereocenters. The van der Waals surface area contributed by atoms with Crippen LogP contribution in [-0.2, 0) is 3.55 Å². The normalized spacial score (nSPS) is 14.8. The number of hydrogen-bond acceptors (Lipinski definition) is 0. The number of allylic oxidation sites excluding steroid dienone is 1. The van der Waals surface area contributed by atoms with Gasteiger partial charge in [-0.25, -0.2) is 0 Å². The minimum atomic E-state index is -0.0770. The molecule has 0 spiro atoms. The van der Waals surface area contributed by atoms with E-state index in [-0.39, 0.29) is 24.8 Å². The summed E-state index contributed by atoms with van der Waals surface area (Å²) in [5, 5.41) is 2.77. The van der Waals surface area contributed by atoms with Crippen LogP contribution in [0, 0.1) is 0 Å². The topological polar surface area (TPSA) is 4.93 Å². The second-order valence-electron chi connectivity index (χ2n) is 7.90. The van der Waals surface area contributed by atoms with E-state index in [1.54, 1.807) is 0 Å². The Bertz CT molecular complexity index is 852. The van der Waals surface area contributed by atoms with Crippen LogP contribution in [0.3, 0.4) is 0 Å². The number of benzene rings is 2. The predicted octanol–water partition coefficient (Wildman–Crippen LogP) is 4.10. The fourth-order valence-electron chi connectivity index (χ4n) is 4.13. The number of nitrogens with zero attached hydrogens (tertiary/aromatic N) is 1. The Hall–Kier alpha value is -1.29. The molecule has 0 aliphatic rings. The molecule has 2 heteroatoms. The molecule has 0 radical (unpaired) electrons. The molecule has 0 aliphatic carbocycles. The summed E-state index contributed by atoms with van der Waals surface area (Å²) < 4.78 is 3.29. The van der Waals surface area contributed by atoms with Gasteiger partial charge in [-0.3, -0.25) is 0 Å². The van der Waals surface area contributed by atoms with Gasteiger partial charge in [0.05, 0.1) is 0 Å². The van der Waals surface area contributed by atoms with Crippen LogP contribution in [-0.4, -0.2) is 7.99 Å². The molecule has 0 unspecified atom stereocenters. The van der Waals surface area contributed by atoms with Crippen LogP contribution in [0.15, 0.2) is 61.2 Å². The number of rotatable bonds is 8. The van der Waals surface area contributed by atoms with Gasteiger partial charge >= 0.3 is 169 Å². The zero-order valence-corrected chi connectivity index (χ0v) is 18.7. The SMILES string of the molecule is C=CCCC(C)(C)[I-][C@](C)(CCC)n1c2ccccc2c2ccccc21. The van der Waals surface area contributed by atoms with Gasteiger partial charge in [0.2, 0.25) is 0 Å². The summed E-state index contributed by atoms with van der Waals surface area (Å²) in [6.07, 6.45) is 6.88. The van der Waals surface area contributed by atoms with Crippen molar-refractivity contribution in [2.24, 2.45) is 0 Å². The van der Waals surface area contributed by atoms with Crippen LogP contribution in [0.2, 0.25) is 0 Å². The van der Waals surface area contributed by atoms with Crippen LogP contribution in [0.25, 0.3) is 21.8 Å². The Morgan fingerprint density at radius 1 is 0.923 bits per heavy atom. The summed E-state index contributed by atoms with van der Waals surface area (Å²) >= 11 is -0.0770. The molecule has 3 rings (SSSR count). The molecule has 1 heterocycles. The Labute approximate surface area is 168 Å². The molecule has 0 amide bonds. The van der Waals surface area contributed by atoms with Gasteiger partial charge < -0.3 is 0 Å². The van der Waals surface area contributed by atoms with Crippen molar-refractivity contribution in [3.05, 3.63) is 61.2 Å². The summed E-state index contributed by atoms with van der Waals surface area (Å²) in [6, 6.07) is 17.9. The van der Waals surface area contributed by atoms with E-state index in [1.807, 2.05) is 0 Å². The average Bonchev–Trinajstić information content (AvgIpc) is 2.95. The number of para-hydroxylation sites is 2. The van der Waals surface area contributed by atoms with Gasteiger partial charge in [-0.2, -0.15) is 0 Å². The van der Waals surface area contributed by atoms with Crippen LogP contribution < -0.4 is 21.2 Å². The molecule has 0 fully saturated rings. The Kier molecular flexibility index (Phi) is 5.81. The third-order valence-electron chi connectivity index (χ3n) is 5.15. The van der Waals surface area contributed by atoms with E-state index in [9.17, 15) is 0 Å². The van der Waals surface area contributed by atoms with Gasteiger partial charge in [0.25, 0.3) is 0 Å². The quantitative estimate of drug-likeness (QED) is 0.271. The standard InChI is InChI=1S/C24H31IN/c1-6-8-18-23(3,4)25-24(5,17-7-2)26-21-15-11-9-13-19(21)20-14-10-12-16-22(20)26/h6,9-16H,1,7-8,17-18H2,2-5H3/q-1/t24-/m0/s1. The van der Waals surface area contributed by atoms with E-state index >= 15 is 0 Å². The fraction of sp³-hybridized carbons (Fsp3) is 0.417. The number of alkyl halides is 2. The Morgan fingerprint density at radius 2 is 1.46 bits per heavy atom. The third-order valence-corrected chi connectivity index (χ3v) is 9.34. The molecule has 0 aliphatic heterocycles. The summed E-state index contributed by atoms with van der Waals surface area (Å²) in [5.74, 6) is 0. The molecule has 1 nitrogen and oxygen atoms in total. The molecule has 0 N–H and O–H groups in total. The van der Waals surface area contributed by atoms with Crippen molar-refractivity contribution in [3.63, 3.8) is 0 Å². The van der Waals surface area contributed by atoms with Crippen molar-refractivity contribution in [3.8, 4) is 0 Å². The van der Waals surface area contributed by atoms with E-state index in [0.29, 0.717) is 3.42 Å². The van der Waals surface area contributed by atoms with E-state index in [4.69, 9.17) is 0 Å². The molecule has 140 valence electrons. The first-order valence-electron chi connectivity index (χ1n) is 9.68. The van der Waals surface area contributed by atoms with Crippen molar-refractivity contribution in [1.82, 2.24) is 4.57 Å². The Balaban J connectivity index is 2.19. The van der Waals surface area contributed by atoms with E-state index < -0.39 is 0 Å². The molecule has 26 heavy (non-hydrogen) atoms. The van der Waals surface area contributed by atoms with Gasteiger partial charge in [0, 0.05) is 0 Å². The van der Waals surface area contributed by atoms with Crippen molar-refractivity contribution in [2.45, 2.75) is 60.3 Å². The average molecular weight is 460 g/mol. The van der Waals surface area contributed by atoms with Crippen molar-refractivity contribution < 1.29 is 21.2 Å². The van der Waals surface area contributed by atoms with Crippen LogP contribution >= 0.6 is 0 Å². The molecule has 0 bridgehead atoms. The summed E-state index contributed by atoms with van der Waals surface area (Å²) in [5.41, 5.74) is 2.78. The summed E-state index contributed by atoms with van der Waals surface area (Å²) in [6.45, 7) is 13.7. The second-order valence-corrected chi connectivity index (χ2v) is 13.7. The molecule has 0 saturated heterocycles. The Morgan fingerprint density at radius 3 is 1.96 bits per heavy atom.